The van der Waals surface area contributed by atoms with E-state index in [0.717, 1.165) is 47.8 Å². The van der Waals surface area contributed by atoms with E-state index in [1.54, 1.807) is 17.7 Å². The Hall–Kier alpha value is -1.73. The molecule has 3 heterocycles. The summed E-state index contributed by atoms with van der Waals surface area (Å²) in [5.74, 6) is 0.662. The molecule has 0 radical (unpaired) electrons. The van der Waals surface area contributed by atoms with Crippen molar-refractivity contribution in [2.75, 3.05) is 13.1 Å². The lowest BCUT2D eigenvalue weighted by molar-refractivity contribution is -0.118. The van der Waals surface area contributed by atoms with Gasteiger partial charge in [-0.15, -0.1) is 11.3 Å². The Kier molecular flexibility index (Phi) is 4.53. The summed E-state index contributed by atoms with van der Waals surface area (Å²) in [4.78, 5) is 25.6. The van der Waals surface area contributed by atoms with Crippen molar-refractivity contribution in [2.45, 2.75) is 82.3 Å². The number of aromatic nitrogens is 2. The Labute approximate surface area is 181 Å². The van der Waals surface area contributed by atoms with Crippen LogP contribution in [0.5, 0.6) is 5.88 Å². The maximum Gasteiger partial charge on any atom is 0.225 e. The zero-order chi connectivity index (χ0) is 20.3. The van der Waals surface area contributed by atoms with Crippen molar-refractivity contribution in [3.8, 4) is 5.88 Å². The van der Waals surface area contributed by atoms with Crippen molar-refractivity contribution in [2.24, 2.45) is 11.1 Å². The molecule has 6 nitrogen and oxygen atoms in total. The molecular weight excluding hydrogens is 396 g/mol. The zero-order valence-corrected chi connectivity index (χ0v) is 18.3. The van der Waals surface area contributed by atoms with Crippen molar-refractivity contribution in [3.63, 3.8) is 0 Å². The molecule has 2 N–H and O–H groups in total. The van der Waals surface area contributed by atoms with Gasteiger partial charge >= 0.3 is 0 Å². The van der Waals surface area contributed by atoms with Gasteiger partial charge in [0.05, 0.1) is 5.39 Å². The van der Waals surface area contributed by atoms with E-state index in [2.05, 4.69) is 14.9 Å². The topological polar surface area (TPSA) is 81.3 Å². The molecule has 1 saturated heterocycles. The average molecular weight is 427 g/mol. The van der Waals surface area contributed by atoms with Gasteiger partial charge in [-0.25, -0.2) is 9.97 Å². The summed E-state index contributed by atoms with van der Waals surface area (Å²) in [7, 11) is 0. The van der Waals surface area contributed by atoms with Crippen LogP contribution in [0.25, 0.3) is 10.2 Å². The number of nitrogens with two attached hydrogens (primary N) is 1. The third kappa shape index (κ3) is 3.12. The number of amides is 1. The number of nitrogens with zero attached hydrogens (tertiary/aromatic N) is 3. The third-order valence-corrected chi connectivity index (χ3v) is 9.25. The van der Waals surface area contributed by atoms with Gasteiger partial charge in [0, 0.05) is 30.4 Å². The summed E-state index contributed by atoms with van der Waals surface area (Å²) >= 11 is 1.73. The summed E-state index contributed by atoms with van der Waals surface area (Å²) in [6.07, 6.45) is 13.2. The van der Waals surface area contributed by atoms with E-state index in [9.17, 15) is 4.79 Å². The second-order valence-corrected chi connectivity index (χ2v) is 11.1. The molecular formula is C23H30N4O2S. The fourth-order valence-corrected chi connectivity index (χ4v) is 7.56. The number of hydrogen-bond donors (Lipinski definition) is 1. The molecule has 1 spiro atoms. The number of primary amides is 1. The second-order valence-electron chi connectivity index (χ2n) is 10.0. The predicted octanol–water partition coefficient (Wildman–Crippen LogP) is 3.77. The largest absolute Gasteiger partial charge is 0.474 e. The molecule has 1 amide bonds. The smallest absolute Gasteiger partial charge is 0.225 e. The van der Waals surface area contributed by atoms with Gasteiger partial charge in [0.1, 0.15) is 17.3 Å². The first kappa shape index (κ1) is 19.0. The van der Waals surface area contributed by atoms with Crippen LogP contribution in [0, 0.1) is 5.41 Å². The van der Waals surface area contributed by atoms with Crippen LogP contribution in [-0.2, 0) is 11.2 Å². The summed E-state index contributed by atoms with van der Waals surface area (Å²) < 4.78 is 6.48. The first-order chi connectivity index (χ1) is 14.6. The fourth-order valence-electron chi connectivity index (χ4n) is 6.33. The van der Waals surface area contributed by atoms with Crippen LogP contribution in [0.4, 0.5) is 0 Å². The van der Waals surface area contributed by atoms with E-state index in [1.807, 2.05) is 0 Å². The van der Waals surface area contributed by atoms with E-state index in [4.69, 9.17) is 10.5 Å². The van der Waals surface area contributed by atoms with Crippen molar-refractivity contribution in [3.05, 3.63) is 16.8 Å². The molecule has 2 aromatic heterocycles. The van der Waals surface area contributed by atoms with Crippen LogP contribution in [0.3, 0.4) is 0 Å². The minimum Gasteiger partial charge on any atom is -0.474 e. The monoisotopic (exact) mass is 426 g/mol. The van der Waals surface area contributed by atoms with Crippen LogP contribution in [-0.4, -0.2) is 46.0 Å². The highest BCUT2D eigenvalue weighted by Crippen LogP contribution is 2.50. The Bertz CT molecular complexity index is 969. The van der Waals surface area contributed by atoms with Gasteiger partial charge in [-0.2, -0.15) is 0 Å². The number of fused-ring (bicyclic) bond motifs is 3. The highest BCUT2D eigenvalue weighted by molar-refractivity contribution is 7.19. The quantitative estimate of drug-likeness (QED) is 0.787. The Balaban J connectivity index is 1.15. The molecule has 3 fully saturated rings. The normalized spacial score (nSPS) is 30.1. The number of carbonyl (C=O) groups excluding carboxylic acids is 1. The van der Waals surface area contributed by atoms with Crippen molar-refractivity contribution >= 4 is 27.5 Å². The number of likely N-dealkylation sites (tertiary alicyclic amines) is 1. The van der Waals surface area contributed by atoms with Crippen LogP contribution in [0.1, 0.15) is 74.1 Å². The number of rotatable bonds is 5. The van der Waals surface area contributed by atoms with Gasteiger partial charge < -0.3 is 10.5 Å². The molecule has 2 aromatic rings. The third-order valence-electron chi connectivity index (χ3n) is 8.07. The number of ether oxygens (including phenoxy) is 1. The van der Waals surface area contributed by atoms with Gasteiger partial charge in [0.2, 0.25) is 11.8 Å². The Morgan fingerprint density at radius 2 is 2.00 bits per heavy atom. The van der Waals surface area contributed by atoms with Crippen molar-refractivity contribution in [1.82, 2.24) is 14.9 Å². The highest BCUT2D eigenvalue weighted by atomic mass is 32.1. The van der Waals surface area contributed by atoms with E-state index in [1.165, 1.54) is 55.6 Å². The number of thiophene rings is 1. The van der Waals surface area contributed by atoms with E-state index < -0.39 is 0 Å². The SMILES string of the molecule is NC(=O)C[C@H]1CCc2sc3ncnc(OC4CCC(N5CC6(CCC6)C5)CC4)c3c21. The molecule has 0 bridgehead atoms. The van der Waals surface area contributed by atoms with Crippen LogP contribution in [0.2, 0.25) is 0 Å². The molecule has 2 saturated carbocycles. The van der Waals surface area contributed by atoms with Gasteiger partial charge in [0.15, 0.2) is 0 Å². The van der Waals surface area contributed by atoms with Gasteiger partial charge in [0.25, 0.3) is 0 Å². The van der Waals surface area contributed by atoms with Crippen LogP contribution < -0.4 is 10.5 Å². The highest BCUT2D eigenvalue weighted by Gasteiger charge is 2.49. The van der Waals surface area contributed by atoms with Crippen LogP contribution >= 0.6 is 11.3 Å². The van der Waals surface area contributed by atoms with Crippen molar-refractivity contribution in [1.29, 1.82) is 0 Å². The summed E-state index contributed by atoms with van der Waals surface area (Å²) in [5, 5.41) is 1.04. The lowest BCUT2D eigenvalue weighted by Gasteiger charge is -2.59. The van der Waals surface area contributed by atoms with E-state index >= 15 is 0 Å². The van der Waals surface area contributed by atoms with Gasteiger partial charge in [-0.3, -0.25) is 9.69 Å². The predicted molar refractivity (Wildman–Crippen MR) is 117 cm³/mol. The summed E-state index contributed by atoms with van der Waals surface area (Å²) in [5.41, 5.74) is 7.45. The van der Waals surface area contributed by atoms with E-state index in [-0.39, 0.29) is 17.9 Å². The molecule has 30 heavy (non-hydrogen) atoms. The molecule has 1 atom stereocenters. The standard InChI is InChI=1S/C23H30N4O2S/c24-18(28)10-14-2-7-17-19(14)20-21(25-13-26-22(20)30-17)29-16-5-3-15(4-6-16)27-11-23(12-27)8-1-9-23/h13-16H,1-12H2,(H2,24,28)/t14-,15?,16?/m1/s1. The maximum absolute atomic E-state index is 11.6. The Morgan fingerprint density at radius 3 is 2.70 bits per heavy atom. The Morgan fingerprint density at radius 1 is 1.20 bits per heavy atom. The lowest BCUT2D eigenvalue weighted by Crippen LogP contribution is -2.63. The van der Waals surface area contributed by atoms with Gasteiger partial charge in [-0.05, 0) is 68.3 Å². The minimum atomic E-state index is -0.237. The first-order valence-corrected chi connectivity index (χ1v) is 12.4. The lowest BCUT2D eigenvalue weighted by atomic mass is 9.63. The molecule has 7 heteroatoms. The molecule has 3 aliphatic carbocycles. The summed E-state index contributed by atoms with van der Waals surface area (Å²) in [6.45, 7) is 2.66. The molecule has 160 valence electrons. The number of carbonyl (C=O) groups is 1. The summed E-state index contributed by atoms with van der Waals surface area (Å²) in [6, 6.07) is 0.742. The van der Waals surface area contributed by atoms with Crippen LogP contribution in [0.15, 0.2) is 6.33 Å². The number of hydrogen-bond acceptors (Lipinski definition) is 6. The fraction of sp³-hybridized carbons (Fsp3) is 0.696. The number of aryl methyl sites for hydroxylation is 1. The van der Waals surface area contributed by atoms with E-state index in [0.29, 0.717) is 11.8 Å². The molecule has 1 aliphatic heterocycles. The molecule has 4 aliphatic rings. The molecule has 0 unspecified atom stereocenters. The van der Waals surface area contributed by atoms with Gasteiger partial charge in [-0.1, -0.05) is 6.42 Å². The maximum atomic E-state index is 11.6. The average Bonchev–Trinajstić information content (AvgIpc) is 3.20. The molecule has 6 rings (SSSR count). The second kappa shape index (κ2) is 7.16. The zero-order valence-electron chi connectivity index (χ0n) is 17.4. The van der Waals surface area contributed by atoms with Crippen molar-refractivity contribution < 1.29 is 9.53 Å². The first-order valence-electron chi connectivity index (χ1n) is 11.6. The minimum absolute atomic E-state index is 0.181. The molecule has 0 aromatic carbocycles.